The summed E-state index contributed by atoms with van der Waals surface area (Å²) in [4.78, 5) is 18.3. The van der Waals surface area contributed by atoms with Crippen molar-refractivity contribution in [1.29, 1.82) is 0 Å². The molecule has 1 aromatic rings. The first-order chi connectivity index (χ1) is 8.19. The summed E-state index contributed by atoms with van der Waals surface area (Å²) >= 11 is 1.75. The van der Waals surface area contributed by atoms with Gasteiger partial charge in [0.25, 0.3) is 0 Å². The molecule has 0 saturated carbocycles. The molecule has 0 aliphatic carbocycles. The van der Waals surface area contributed by atoms with Gasteiger partial charge in [-0.2, -0.15) is 0 Å². The van der Waals surface area contributed by atoms with E-state index in [-0.39, 0.29) is 0 Å². The Bertz CT molecular complexity index is 381. The van der Waals surface area contributed by atoms with Crippen LogP contribution in [0.5, 0.6) is 0 Å². The maximum atomic E-state index is 11.3. The van der Waals surface area contributed by atoms with E-state index >= 15 is 0 Å². The lowest BCUT2D eigenvalue weighted by molar-refractivity contribution is -0.122. The van der Waals surface area contributed by atoms with E-state index < -0.39 is 0 Å². The molecule has 0 radical (unpaired) electrons. The van der Waals surface area contributed by atoms with E-state index in [1.165, 1.54) is 10.7 Å². The van der Waals surface area contributed by atoms with Gasteiger partial charge in [-0.3, -0.25) is 9.69 Å². The number of ketones is 1. The number of hydrogen-bond donors (Lipinski definition) is 0. The maximum Gasteiger partial charge on any atom is 0.133 e. The zero-order chi connectivity index (χ0) is 12.3. The summed E-state index contributed by atoms with van der Waals surface area (Å²) in [6, 6.07) is 0. The fourth-order valence-corrected chi connectivity index (χ4v) is 3.05. The quantitative estimate of drug-likeness (QED) is 0.825. The van der Waals surface area contributed by atoms with E-state index in [4.69, 9.17) is 0 Å². The van der Waals surface area contributed by atoms with Gasteiger partial charge in [-0.1, -0.05) is 6.92 Å². The Morgan fingerprint density at radius 2 is 2.24 bits per heavy atom. The smallest absolute Gasteiger partial charge is 0.133 e. The Kier molecular flexibility index (Phi) is 4.29. The van der Waals surface area contributed by atoms with Crippen LogP contribution in [0, 0.1) is 5.92 Å². The summed E-state index contributed by atoms with van der Waals surface area (Å²) in [7, 11) is 0. The van der Waals surface area contributed by atoms with Gasteiger partial charge in [0.05, 0.1) is 10.7 Å². The Balaban J connectivity index is 1.83. The van der Waals surface area contributed by atoms with Gasteiger partial charge in [-0.25, -0.2) is 4.98 Å². The summed E-state index contributed by atoms with van der Waals surface area (Å²) in [6.45, 7) is 6.86. The van der Waals surface area contributed by atoms with Gasteiger partial charge in [0.15, 0.2) is 0 Å². The van der Waals surface area contributed by atoms with Gasteiger partial charge in [-0.05, 0) is 39.3 Å². The number of Topliss-reactive ketones (excluding diaryl/α,β-unsaturated/α-hetero) is 1. The zero-order valence-corrected chi connectivity index (χ0v) is 11.4. The van der Waals surface area contributed by atoms with Gasteiger partial charge < -0.3 is 0 Å². The molecule has 0 atom stereocenters. The van der Waals surface area contributed by atoms with Crippen molar-refractivity contribution in [1.82, 2.24) is 9.88 Å². The standard InChI is InChI=1S/C13H20N2OS/c1-3-13-14-12(9-17-13)8-15-6-4-11(5-7-15)10(2)16/h9,11H,3-8H2,1-2H3. The monoisotopic (exact) mass is 252 g/mol. The average Bonchev–Trinajstić information content (AvgIpc) is 2.77. The highest BCUT2D eigenvalue weighted by Crippen LogP contribution is 2.20. The van der Waals surface area contributed by atoms with Crippen LogP contribution in [0.1, 0.15) is 37.4 Å². The summed E-state index contributed by atoms with van der Waals surface area (Å²) in [6.07, 6.45) is 3.05. The maximum absolute atomic E-state index is 11.3. The first kappa shape index (κ1) is 12.7. The number of carbonyl (C=O) groups excluding carboxylic acids is 1. The SMILES string of the molecule is CCc1nc(CN2CCC(C(C)=O)CC2)cs1. The van der Waals surface area contributed by atoms with E-state index in [2.05, 4.69) is 22.2 Å². The third-order valence-corrected chi connectivity index (χ3v) is 4.49. The normalized spacial score (nSPS) is 18.5. The second kappa shape index (κ2) is 5.74. The Morgan fingerprint density at radius 1 is 1.53 bits per heavy atom. The van der Waals surface area contributed by atoms with E-state index in [0.29, 0.717) is 11.7 Å². The van der Waals surface area contributed by atoms with Crippen LogP contribution in [0.4, 0.5) is 0 Å². The first-order valence-corrected chi connectivity index (χ1v) is 7.23. The molecule has 0 spiro atoms. The van der Waals surface area contributed by atoms with E-state index in [1.54, 1.807) is 18.3 Å². The number of likely N-dealkylation sites (tertiary alicyclic amines) is 1. The minimum atomic E-state index is 0.299. The van der Waals surface area contributed by atoms with Crippen LogP contribution < -0.4 is 0 Å². The van der Waals surface area contributed by atoms with Crippen molar-refractivity contribution in [2.45, 2.75) is 39.7 Å². The predicted molar refractivity (Wildman–Crippen MR) is 70.2 cm³/mol. The number of carbonyl (C=O) groups is 1. The molecule has 2 heterocycles. The minimum absolute atomic E-state index is 0.299. The largest absolute Gasteiger partial charge is 0.300 e. The van der Waals surface area contributed by atoms with Crippen LogP contribution in [0.25, 0.3) is 0 Å². The molecule has 0 amide bonds. The van der Waals surface area contributed by atoms with Gasteiger partial charge >= 0.3 is 0 Å². The van der Waals surface area contributed by atoms with Gasteiger partial charge in [0, 0.05) is 17.8 Å². The summed E-state index contributed by atoms with van der Waals surface area (Å²) in [5, 5.41) is 3.38. The molecule has 1 saturated heterocycles. The molecule has 1 aliphatic rings. The van der Waals surface area contributed by atoms with Gasteiger partial charge in [-0.15, -0.1) is 11.3 Å². The third-order valence-electron chi connectivity index (χ3n) is 3.45. The Morgan fingerprint density at radius 3 is 2.76 bits per heavy atom. The van der Waals surface area contributed by atoms with Crippen LogP contribution >= 0.6 is 11.3 Å². The van der Waals surface area contributed by atoms with Crippen molar-refractivity contribution >= 4 is 17.1 Å². The van der Waals surface area contributed by atoms with Crippen molar-refractivity contribution in [2.75, 3.05) is 13.1 Å². The highest BCUT2D eigenvalue weighted by atomic mass is 32.1. The molecule has 4 heteroatoms. The molecule has 1 aromatic heterocycles. The molecule has 1 fully saturated rings. The first-order valence-electron chi connectivity index (χ1n) is 6.35. The lowest BCUT2D eigenvalue weighted by atomic mass is 9.93. The number of thiazole rings is 1. The van der Waals surface area contributed by atoms with Gasteiger partial charge in [0.2, 0.25) is 0 Å². The van der Waals surface area contributed by atoms with Gasteiger partial charge in [0.1, 0.15) is 5.78 Å². The number of rotatable bonds is 4. The molecule has 0 unspecified atom stereocenters. The summed E-state index contributed by atoms with van der Waals surface area (Å²) in [5.74, 6) is 0.652. The molecular formula is C13H20N2OS. The van der Waals surface area contributed by atoms with Crippen molar-refractivity contribution in [3.8, 4) is 0 Å². The number of nitrogens with zero attached hydrogens (tertiary/aromatic N) is 2. The highest BCUT2D eigenvalue weighted by molar-refractivity contribution is 7.09. The van der Waals surface area contributed by atoms with Crippen LogP contribution in [0.2, 0.25) is 0 Å². The number of aromatic nitrogens is 1. The highest BCUT2D eigenvalue weighted by Gasteiger charge is 2.22. The molecule has 0 aromatic carbocycles. The number of piperidine rings is 1. The second-order valence-electron chi connectivity index (χ2n) is 4.75. The average molecular weight is 252 g/mol. The van der Waals surface area contributed by atoms with Crippen molar-refractivity contribution in [2.24, 2.45) is 5.92 Å². The molecule has 94 valence electrons. The van der Waals surface area contributed by atoms with Crippen molar-refractivity contribution in [3.05, 3.63) is 16.1 Å². The topological polar surface area (TPSA) is 33.2 Å². The van der Waals surface area contributed by atoms with E-state index in [0.717, 1.165) is 38.9 Å². The van der Waals surface area contributed by atoms with Crippen molar-refractivity contribution in [3.63, 3.8) is 0 Å². The van der Waals surface area contributed by atoms with E-state index in [9.17, 15) is 4.79 Å². The number of aryl methyl sites for hydroxylation is 1. The summed E-state index contributed by atoms with van der Waals surface area (Å²) < 4.78 is 0. The fraction of sp³-hybridized carbons (Fsp3) is 0.692. The molecule has 3 nitrogen and oxygen atoms in total. The zero-order valence-electron chi connectivity index (χ0n) is 10.6. The van der Waals surface area contributed by atoms with Crippen LogP contribution in [0.3, 0.4) is 0 Å². The lowest BCUT2D eigenvalue weighted by Gasteiger charge is -2.30. The molecular weight excluding hydrogens is 232 g/mol. The Labute approximate surface area is 107 Å². The lowest BCUT2D eigenvalue weighted by Crippen LogP contribution is -2.35. The van der Waals surface area contributed by atoms with Crippen LogP contribution in [0.15, 0.2) is 5.38 Å². The molecule has 2 rings (SSSR count). The predicted octanol–water partition coefficient (Wildman–Crippen LogP) is 2.51. The van der Waals surface area contributed by atoms with Crippen LogP contribution in [-0.4, -0.2) is 28.8 Å². The number of hydrogen-bond acceptors (Lipinski definition) is 4. The second-order valence-corrected chi connectivity index (χ2v) is 5.69. The van der Waals surface area contributed by atoms with Crippen LogP contribution in [-0.2, 0) is 17.8 Å². The van der Waals surface area contributed by atoms with Crippen molar-refractivity contribution < 1.29 is 4.79 Å². The molecule has 0 N–H and O–H groups in total. The van der Waals surface area contributed by atoms with E-state index in [1.807, 2.05) is 0 Å². The molecule has 1 aliphatic heterocycles. The molecule has 0 bridgehead atoms. The third kappa shape index (κ3) is 3.36. The minimum Gasteiger partial charge on any atom is -0.300 e. The fourth-order valence-electron chi connectivity index (χ4n) is 2.31. The molecule has 17 heavy (non-hydrogen) atoms. The summed E-state index contributed by atoms with van der Waals surface area (Å²) in [5.41, 5.74) is 1.19. The Hall–Kier alpha value is -0.740.